The number of anilines is 1. The summed E-state index contributed by atoms with van der Waals surface area (Å²) < 4.78 is 0. The lowest BCUT2D eigenvalue weighted by Gasteiger charge is -2.39. The minimum Gasteiger partial charge on any atom is -0.354 e. The van der Waals surface area contributed by atoms with Crippen LogP contribution >= 0.6 is 0 Å². The number of nitrogens with zero attached hydrogens (tertiary/aromatic N) is 6. The van der Waals surface area contributed by atoms with Crippen molar-refractivity contribution in [2.45, 2.75) is 18.9 Å². The molecule has 0 radical (unpaired) electrons. The predicted octanol–water partition coefficient (Wildman–Crippen LogP) is 1.61. The zero-order valence-corrected chi connectivity index (χ0v) is 13.8. The molecule has 0 aliphatic carbocycles. The number of urea groups is 1. The lowest BCUT2D eigenvalue weighted by atomic mass is 10.0. The summed E-state index contributed by atoms with van der Waals surface area (Å²) in [5, 5.41) is 0.956. The van der Waals surface area contributed by atoms with Crippen molar-refractivity contribution in [2.75, 3.05) is 39.1 Å². The first-order valence-corrected chi connectivity index (χ1v) is 7.82. The molecule has 7 heteroatoms. The fourth-order valence-electron chi connectivity index (χ4n) is 3.07. The van der Waals surface area contributed by atoms with E-state index in [1.807, 2.05) is 24.1 Å². The Labute approximate surface area is 135 Å². The molecule has 1 unspecified atom stereocenters. The highest BCUT2D eigenvalue weighted by Gasteiger charge is 2.28. The second-order valence-electron chi connectivity index (χ2n) is 6.10. The molecule has 2 amide bonds. The van der Waals surface area contributed by atoms with Crippen molar-refractivity contribution in [2.24, 2.45) is 0 Å². The van der Waals surface area contributed by atoms with Gasteiger partial charge in [0, 0.05) is 40.4 Å². The van der Waals surface area contributed by atoms with E-state index in [2.05, 4.69) is 19.9 Å². The van der Waals surface area contributed by atoms with E-state index in [0.717, 1.165) is 37.1 Å². The van der Waals surface area contributed by atoms with E-state index in [-0.39, 0.29) is 12.1 Å². The molecule has 0 N–H and O–H groups in total. The predicted molar refractivity (Wildman–Crippen MR) is 89.4 cm³/mol. The molecule has 0 bridgehead atoms. The van der Waals surface area contributed by atoms with Gasteiger partial charge in [0.25, 0.3) is 0 Å². The van der Waals surface area contributed by atoms with Crippen molar-refractivity contribution in [1.29, 1.82) is 0 Å². The number of likely N-dealkylation sites (N-methyl/N-ethyl adjacent to an activating group) is 1. The Balaban J connectivity index is 1.84. The van der Waals surface area contributed by atoms with Crippen molar-refractivity contribution in [3.05, 3.63) is 24.7 Å². The number of piperidine rings is 1. The summed E-state index contributed by atoms with van der Waals surface area (Å²) in [5.74, 6) is 0.901. The Hall–Kier alpha value is -2.44. The summed E-state index contributed by atoms with van der Waals surface area (Å²) in [4.78, 5) is 30.9. The molecule has 23 heavy (non-hydrogen) atoms. The smallest absolute Gasteiger partial charge is 0.319 e. The molecule has 1 saturated heterocycles. The Morgan fingerprint density at radius 1 is 1.26 bits per heavy atom. The molecule has 3 rings (SSSR count). The first kappa shape index (κ1) is 15.5. The summed E-state index contributed by atoms with van der Waals surface area (Å²) in [6.07, 6.45) is 5.33. The molecular weight excluding hydrogens is 292 g/mol. The van der Waals surface area contributed by atoms with Gasteiger partial charge < -0.3 is 14.7 Å². The van der Waals surface area contributed by atoms with Gasteiger partial charge in [-0.1, -0.05) is 0 Å². The molecule has 7 nitrogen and oxygen atoms in total. The molecule has 0 spiro atoms. The third-order valence-corrected chi connectivity index (χ3v) is 4.32. The van der Waals surface area contributed by atoms with Crippen LogP contribution < -0.4 is 4.90 Å². The van der Waals surface area contributed by atoms with Gasteiger partial charge in [0.2, 0.25) is 0 Å². The van der Waals surface area contributed by atoms with E-state index < -0.39 is 0 Å². The van der Waals surface area contributed by atoms with Crippen LogP contribution in [0, 0.1) is 0 Å². The highest BCUT2D eigenvalue weighted by Crippen LogP contribution is 2.25. The maximum Gasteiger partial charge on any atom is 0.319 e. The molecule has 2 aromatic rings. The Kier molecular flexibility index (Phi) is 4.27. The number of rotatable bonds is 2. The van der Waals surface area contributed by atoms with Crippen molar-refractivity contribution in [3.8, 4) is 0 Å². The van der Waals surface area contributed by atoms with Crippen molar-refractivity contribution >= 4 is 22.9 Å². The lowest BCUT2D eigenvalue weighted by Crippen LogP contribution is -2.51. The van der Waals surface area contributed by atoms with Gasteiger partial charge in [-0.25, -0.2) is 19.7 Å². The van der Waals surface area contributed by atoms with Crippen LogP contribution in [0.5, 0.6) is 0 Å². The van der Waals surface area contributed by atoms with E-state index in [1.54, 1.807) is 31.5 Å². The monoisotopic (exact) mass is 314 g/mol. The molecule has 122 valence electrons. The third kappa shape index (κ3) is 3.04. The van der Waals surface area contributed by atoms with E-state index in [9.17, 15) is 4.79 Å². The van der Waals surface area contributed by atoms with E-state index >= 15 is 0 Å². The summed E-state index contributed by atoms with van der Waals surface area (Å²) in [5.41, 5.74) is 0.706. The van der Waals surface area contributed by atoms with Crippen molar-refractivity contribution < 1.29 is 4.79 Å². The number of amides is 2. The average Bonchev–Trinajstić information content (AvgIpc) is 2.60. The fourth-order valence-corrected chi connectivity index (χ4v) is 3.07. The van der Waals surface area contributed by atoms with Crippen molar-refractivity contribution in [1.82, 2.24) is 24.8 Å². The van der Waals surface area contributed by atoms with Crippen LogP contribution in [0.4, 0.5) is 10.6 Å². The average molecular weight is 314 g/mol. The van der Waals surface area contributed by atoms with Crippen LogP contribution in [0.2, 0.25) is 0 Å². The van der Waals surface area contributed by atoms with E-state index in [4.69, 9.17) is 0 Å². The van der Waals surface area contributed by atoms with Crippen LogP contribution in [0.3, 0.4) is 0 Å². The zero-order valence-electron chi connectivity index (χ0n) is 13.8. The number of aromatic nitrogens is 3. The normalized spacial score (nSPS) is 18.0. The quantitative estimate of drug-likeness (QED) is 0.842. The van der Waals surface area contributed by atoms with Gasteiger partial charge in [0.15, 0.2) is 5.65 Å². The highest BCUT2D eigenvalue weighted by atomic mass is 16.2. The molecule has 0 saturated carbocycles. The van der Waals surface area contributed by atoms with Gasteiger partial charge >= 0.3 is 6.03 Å². The van der Waals surface area contributed by atoms with E-state index in [0.29, 0.717) is 5.65 Å². The molecule has 1 fully saturated rings. The molecule has 1 aliphatic heterocycles. The maximum absolute atomic E-state index is 12.2. The van der Waals surface area contributed by atoms with Crippen LogP contribution in [-0.2, 0) is 0 Å². The molecule has 0 aromatic carbocycles. The first-order chi connectivity index (χ1) is 11.1. The summed E-state index contributed by atoms with van der Waals surface area (Å²) >= 11 is 0. The van der Waals surface area contributed by atoms with Crippen LogP contribution in [0.1, 0.15) is 12.8 Å². The van der Waals surface area contributed by atoms with Gasteiger partial charge in [-0.3, -0.25) is 0 Å². The topological polar surface area (TPSA) is 65.5 Å². The van der Waals surface area contributed by atoms with Gasteiger partial charge in [0.05, 0.1) is 11.4 Å². The van der Waals surface area contributed by atoms with Gasteiger partial charge in [0.1, 0.15) is 12.1 Å². The first-order valence-electron chi connectivity index (χ1n) is 7.82. The molecular formula is C16H22N6O. The number of hydrogen-bond acceptors (Lipinski definition) is 5. The fraction of sp³-hybridized carbons (Fsp3) is 0.500. The van der Waals surface area contributed by atoms with Crippen molar-refractivity contribution in [3.63, 3.8) is 0 Å². The SMILES string of the molecule is CN(C)C(=O)N(C)C1CCCN(c2ncnc3ncccc23)C1. The number of pyridine rings is 1. The van der Waals surface area contributed by atoms with E-state index in [1.165, 1.54) is 0 Å². The molecule has 2 aromatic heterocycles. The number of hydrogen-bond donors (Lipinski definition) is 0. The number of carbonyl (C=O) groups is 1. The second kappa shape index (κ2) is 6.36. The summed E-state index contributed by atoms with van der Waals surface area (Å²) in [6.45, 7) is 1.71. The van der Waals surface area contributed by atoms with Crippen LogP contribution in [0.15, 0.2) is 24.7 Å². The molecule has 3 heterocycles. The standard InChI is InChI=1S/C16H22N6O/c1-20(2)16(23)21(3)12-6-5-9-22(10-12)15-13-7-4-8-17-14(13)18-11-19-15/h4,7-8,11-12H,5-6,9-10H2,1-3H3. The largest absolute Gasteiger partial charge is 0.354 e. The maximum atomic E-state index is 12.2. The number of fused-ring (bicyclic) bond motifs is 1. The Morgan fingerprint density at radius 3 is 2.87 bits per heavy atom. The summed E-state index contributed by atoms with van der Waals surface area (Å²) in [7, 11) is 5.43. The van der Waals surface area contributed by atoms with Crippen LogP contribution in [-0.4, -0.2) is 71.1 Å². The molecule has 1 atom stereocenters. The van der Waals surface area contributed by atoms with Gasteiger partial charge in [-0.2, -0.15) is 0 Å². The molecule has 1 aliphatic rings. The summed E-state index contributed by atoms with van der Waals surface area (Å²) in [6, 6.07) is 4.11. The lowest BCUT2D eigenvalue weighted by molar-refractivity contribution is 0.157. The number of carbonyl (C=O) groups excluding carboxylic acids is 1. The van der Waals surface area contributed by atoms with Gasteiger partial charge in [-0.15, -0.1) is 0 Å². The minimum atomic E-state index is 0.0334. The Morgan fingerprint density at radius 2 is 2.09 bits per heavy atom. The minimum absolute atomic E-state index is 0.0334. The van der Waals surface area contributed by atoms with Crippen LogP contribution in [0.25, 0.3) is 11.0 Å². The zero-order chi connectivity index (χ0) is 16.4. The highest BCUT2D eigenvalue weighted by molar-refractivity contribution is 5.86. The Bertz CT molecular complexity index is 699. The van der Waals surface area contributed by atoms with Gasteiger partial charge in [-0.05, 0) is 25.0 Å². The second-order valence-corrected chi connectivity index (χ2v) is 6.10. The third-order valence-electron chi connectivity index (χ3n) is 4.32.